The Morgan fingerprint density at radius 2 is 2.11 bits per heavy atom. The van der Waals surface area contributed by atoms with Crippen molar-refractivity contribution in [2.75, 3.05) is 44.7 Å². The first-order chi connectivity index (χ1) is 8.74. The van der Waals surface area contributed by atoms with Crippen molar-refractivity contribution >= 4 is 16.5 Å². The van der Waals surface area contributed by atoms with Gasteiger partial charge in [0, 0.05) is 43.3 Å². The summed E-state index contributed by atoms with van der Waals surface area (Å²) in [5.41, 5.74) is 0. The van der Waals surface area contributed by atoms with Crippen molar-refractivity contribution in [2.45, 2.75) is 26.3 Å². The van der Waals surface area contributed by atoms with E-state index in [-0.39, 0.29) is 0 Å². The first-order valence-corrected chi connectivity index (χ1v) is 7.66. The SMILES string of the molecule is CCCN1CCN(c2ncc(C(C)NC)s2)CC1. The van der Waals surface area contributed by atoms with Crippen molar-refractivity contribution in [2.24, 2.45) is 0 Å². The lowest BCUT2D eigenvalue weighted by Crippen LogP contribution is -2.46. The molecule has 0 aromatic carbocycles. The smallest absolute Gasteiger partial charge is 0.185 e. The van der Waals surface area contributed by atoms with E-state index in [9.17, 15) is 0 Å². The third-order valence-electron chi connectivity index (χ3n) is 3.55. The van der Waals surface area contributed by atoms with Crippen LogP contribution in [0, 0.1) is 0 Å². The standard InChI is InChI=1S/C13H24N4S/c1-4-5-16-6-8-17(9-7-16)13-15-10-12(18-13)11(2)14-3/h10-11,14H,4-9H2,1-3H3. The second-order valence-electron chi connectivity index (χ2n) is 4.88. The number of nitrogens with zero attached hydrogens (tertiary/aromatic N) is 3. The van der Waals surface area contributed by atoms with Crippen molar-refractivity contribution in [3.8, 4) is 0 Å². The van der Waals surface area contributed by atoms with Gasteiger partial charge in [-0.1, -0.05) is 6.92 Å². The molecule has 0 spiro atoms. The molecular formula is C13H24N4S. The van der Waals surface area contributed by atoms with Gasteiger partial charge < -0.3 is 10.2 Å². The molecule has 18 heavy (non-hydrogen) atoms. The van der Waals surface area contributed by atoms with Gasteiger partial charge in [-0.05, 0) is 26.9 Å². The Morgan fingerprint density at radius 1 is 1.39 bits per heavy atom. The summed E-state index contributed by atoms with van der Waals surface area (Å²) in [7, 11) is 1.99. The predicted octanol–water partition coefficient (Wildman–Crippen LogP) is 1.96. The molecule has 0 amide bonds. The number of anilines is 1. The van der Waals surface area contributed by atoms with E-state index in [4.69, 9.17) is 0 Å². The van der Waals surface area contributed by atoms with Crippen LogP contribution in [0.15, 0.2) is 6.20 Å². The highest BCUT2D eigenvalue weighted by molar-refractivity contribution is 7.15. The van der Waals surface area contributed by atoms with Gasteiger partial charge in [0.1, 0.15) is 0 Å². The second-order valence-corrected chi connectivity index (χ2v) is 5.92. The van der Waals surface area contributed by atoms with E-state index in [0.29, 0.717) is 6.04 Å². The number of nitrogens with one attached hydrogen (secondary N) is 1. The van der Waals surface area contributed by atoms with Gasteiger partial charge in [0.15, 0.2) is 5.13 Å². The minimum absolute atomic E-state index is 0.401. The summed E-state index contributed by atoms with van der Waals surface area (Å²) < 4.78 is 0. The third kappa shape index (κ3) is 3.22. The van der Waals surface area contributed by atoms with Crippen LogP contribution in [0.1, 0.15) is 31.2 Å². The number of rotatable bonds is 5. The van der Waals surface area contributed by atoms with Crippen LogP contribution in [0.5, 0.6) is 0 Å². The quantitative estimate of drug-likeness (QED) is 0.884. The van der Waals surface area contributed by atoms with Crippen LogP contribution in [0.25, 0.3) is 0 Å². The van der Waals surface area contributed by atoms with Gasteiger partial charge in [-0.3, -0.25) is 4.90 Å². The Bertz CT molecular complexity index is 358. The van der Waals surface area contributed by atoms with Gasteiger partial charge >= 0.3 is 0 Å². The molecule has 4 nitrogen and oxygen atoms in total. The molecule has 1 unspecified atom stereocenters. The lowest BCUT2D eigenvalue weighted by atomic mass is 10.3. The molecule has 2 rings (SSSR count). The van der Waals surface area contributed by atoms with Crippen molar-refractivity contribution in [3.05, 3.63) is 11.1 Å². The molecule has 102 valence electrons. The Kier molecular flexibility index (Phi) is 4.97. The number of piperazine rings is 1. The van der Waals surface area contributed by atoms with Gasteiger partial charge in [-0.2, -0.15) is 0 Å². The second kappa shape index (κ2) is 6.50. The third-order valence-corrected chi connectivity index (χ3v) is 4.79. The summed E-state index contributed by atoms with van der Waals surface area (Å²) in [5, 5.41) is 4.45. The highest BCUT2D eigenvalue weighted by Gasteiger charge is 2.19. The molecule has 1 aromatic heterocycles. The highest BCUT2D eigenvalue weighted by atomic mass is 32.1. The molecule has 2 heterocycles. The summed E-state index contributed by atoms with van der Waals surface area (Å²) in [6.45, 7) is 10.2. The van der Waals surface area contributed by atoms with Crippen LogP contribution in [0.4, 0.5) is 5.13 Å². The van der Waals surface area contributed by atoms with Crippen molar-refractivity contribution < 1.29 is 0 Å². The summed E-state index contributed by atoms with van der Waals surface area (Å²) in [4.78, 5) is 10.9. The predicted molar refractivity (Wildman–Crippen MR) is 78.5 cm³/mol. The van der Waals surface area contributed by atoms with E-state index in [0.717, 1.165) is 13.1 Å². The molecule has 1 aliphatic heterocycles. The maximum atomic E-state index is 4.57. The number of thiazole rings is 1. The van der Waals surface area contributed by atoms with Gasteiger partial charge in [-0.25, -0.2) is 4.98 Å². The van der Waals surface area contributed by atoms with Crippen molar-refractivity contribution in [1.29, 1.82) is 0 Å². The molecule has 1 aromatic rings. The lowest BCUT2D eigenvalue weighted by molar-refractivity contribution is 0.258. The Balaban J connectivity index is 1.91. The summed E-state index contributed by atoms with van der Waals surface area (Å²) in [6, 6.07) is 0.401. The fourth-order valence-corrected chi connectivity index (χ4v) is 3.27. The monoisotopic (exact) mass is 268 g/mol. The molecule has 1 N–H and O–H groups in total. The average molecular weight is 268 g/mol. The largest absolute Gasteiger partial charge is 0.346 e. The van der Waals surface area contributed by atoms with E-state index in [1.54, 1.807) is 0 Å². The molecule has 0 saturated carbocycles. The van der Waals surface area contributed by atoms with E-state index in [1.165, 1.54) is 36.1 Å². The van der Waals surface area contributed by atoms with E-state index in [1.807, 2.05) is 24.6 Å². The Hall–Kier alpha value is -0.650. The topological polar surface area (TPSA) is 31.4 Å². The van der Waals surface area contributed by atoms with Crippen LogP contribution in [-0.2, 0) is 0 Å². The van der Waals surface area contributed by atoms with Crippen LogP contribution in [-0.4, -0.2) is 49.7 Å². The van der Waals surface area contributed by atoms with Gasteiger partial charge in [0.25, 0.3) is 0 Å². The fraction of sp³-hybridized carbons (Fsp3) is 0.769. The fourth-order valence-electron chi connectivity index (χ4n) is 2.24. The van der Waals surface area contributed by atoms with E-state index in [2.05, 4.69) is 33.9 Å². The van der Waals surface area contributed by atoms with Crippen molar-refractivity contribution in [3.63, 3.8) is 0 Å². The lowest BCUT2D eigenvalue weighted by Gasteiger charge is -2.34. The van der Waals surface area contributed by atoms with E-state index < -0.39 is 0 Å². The molecule has 1 fully saturated rings. The zero-order valence-corrected chi connectivity index (χ0v) is 12.5. The van der Waals surface area contributed by atoms with E-state index >= 15 is 0 Å². The minimum atomic E-state index is 0.401. The Morgan fingerprint density at radius 3 is 2.72 bits per heavy atom. The molecule has 5 heteroatoms. The minimum Gasteiger partial charge on any atom is -0.346 e. The number of hydrogen-bond acceptors (Lipinski definition) is 5. The summed E-state index contributed by atoms with van der Waals surface area (Å²) in [6.07, 6.45) is 3.26. The number of hydrogen-bond donors (Lipinski definition) is 1. The number of aromatic nitrogens is 1. The zero-order chi connectivity index (χ0) is 13.0. The van der Waals surface area contributed by atoms with Crippen molar-refractivity contribution in [1.82, 2.24) is 15.2 Å². The molecule has 0 bridgehead atoms. The molecule has 0 aliphatic carbocycles. The first-order valence-electron chi connectivity index (χ1n) is 6.85. The zero-order valence-electron chi connectivity index (χ0n) is 11.6. The van der Waals surface area contributed by atoms with Crippen LogP contribution >= 0.6 is 11.3 Å². The van der Waals surface area contributed by atoms with Gasteiger partial charge in [-0.15, -0.1) is 11.3 Å². The summed E-state index contributed by atoms with van der Waals surface area (Å²) >= 11 is 1.82. The molecule has 1 aliphatic rings. The maximum Gasteiger partial charge on any atom is 0.185 e. The van der Waals surface area contributed by atoms with Crippen LogP contribution in [0.3, 0.4) is 0 Å². The summed E-state index contributed by atoms with van der Waals surface area (Å²) in [5.74, 6) is 0. The maximum absolute atomic E-state index is 4.57. The van der Waals surface area contributed by atoms with Crippen LogP contribution in [0.2, 0.25) is 0 Å². The first kappa shape index (κ1) is 13.8. The van der Waals surface area contributed by atoms with Gasteiger partial charge in [0.2, 0.25) is 0 Å². The Labute approximate surface area is 114 Å². The normalized spacial score (nSPS) is 19.2. The van der Waals surface area contributed by atoms with Gasteiger partial charge in [0.05, 0.1) is 0 Å². The average Bonchev–Trinajstić information content (AvgIpc) is 2.89. The molecular weight excluding hydrogens is 244 g/mol. The molecule has 0 radical (unpaired) electrons. The molecule has 1 atom stereocenters. The molecule has 1 saturated heterocycles. The highest BCUT2D eigenvalue weighted by Crippen LogP contribution is 2.27. The van der Waals surface area contributed by atoms with Crippen LogP contribution < -0.4 is 10.2 Å².